The summed E-state index contributed by atoms with van der Waals surface area (Å²) in [7, 11) is 3.39. The van der Waals surface area contributed by atoms with E-state index in [0.717, 1.165) is 17.8 Å². The Labute approximate surface area is 164 Å². The van der Waals surface area contributed by atoms with Gasteiger partial charge in [0, 0.05) is 50.6 Å². The van der Waals surface area contributed by atoms with E-state index in [0.29, 0.717) is 18.1 Å². The van der Waals surface area contributed by atoms with Gasteiger partial charge in [-0.15, -0.1) is 0 Å². The smallest absolute Gasteiger partial charge is 0.319 e. The molecule has 3 amide bonds. The largest absolute Gasteiger partial charge is 0.348 e. The first kappa shape index (κ1) is 19.3. The van der Waals surface area contributed by atoms with E-state index in [1.807, 2.05) is 54.4 Å². The van der Waals surface area contributed by atoms with Crippen LogP contribution in [0.1, 0.15) is 24.2 Å². The van der Waals surface area contributed by atoms with Gasteiger partial charge in [-0.3, -0.25) is 4.79 Å². The van der Waals surface area contributed by atoms with Crippen molar-refractivity contribution in [1.29, 1.82) is 0 Å². The molecule has 0 spiro atoms. The Balaban J connectivity index is 1.89. The average molecular weight is 389 g/mol. The number of likely N-dealkylation sites (N-methyl/N-ethyl adjacent to an activating group) is 1. The molecule has 27 heavy (non-hydrogen) atoms. The average Bonchev–Trinajstić information content (AvgIpc) is 3.14. The summed E-state index contributed by atoms with van der Waals surface area (Å²) in [4.78, 5) is 30.4. The lowest BCUT2D eigenvalue weighted by atomic mass is 10.00. The van der Waals surface area contributed by atoms with E-state index in [9.17, 15) is 9.59 Å². The number of hydrogen-bond acceptors (Lipinski definition) is 2. The van der Waals surface area contributed by atoms with Crippen molar-refractivity contribution >= 4 is 23.5 Å². The maximum Gasteiger partial charge on any atom is 0.319 e. The fraction of sp³-hybridized carbons (Fsp3) is 0.400. The highest BCUT2D eigenvalue weighted by Gasteiger charge is 2.33. The summed E-state index contributed by atoms with van der Waals surface area (Å²) in [6, 6.07) is 11.3. The molecule has 1 aliphatic rings. The monoisotopic (exact) mass is 388 g/mol. The number of benzene rings is 1. The second-order valence-electron chi connectivity index (χ2n) is 6.86. The topological polar surface area (TPSA) is 48.8 Å². The van der Waals surface area contributed by atoms with Crippen molar-refractivity contribution in [3.63, 3.8) is 0 Å². The number of halogens is 1. The third-order valence-electron chi connectivity index (χ3n) is 4.91. The standard InChI is InChI=1S/C20H25ClN4O2/c1-4-23(20(27)22(2)3)14-18(26)25-13-12-24-11-5-6-17(24)19(25)15-7-9-16(21)10-8-15/h5-11,19H,4,12-14H2,1-3H3. The van der Waals surface area contributed by atoms with Gasteiger partial charge in [-0.05, 0) is 36.8 Å². The lowest BCUT2D eigenvalue weighted by Gasteiger charge is -2.38. The summed E-state index contributed by atoms with van der Waals surface area (Å²) >= 11 is 6.05. The Morgan fingerprint density at radius 1 is 1.15 bits per heavy atom. The van der Waals surface area contributed by atoms with Crippen LogP contribution in [-0.2, 0) is 11.3 Å². The zero-order valence-corrected chi connectivity index (χ0v) is 16.7. The van der Waals surface area contributed by atoms with Gasteiger partial charge in [0.05, 0.1) is 6.04 Å². The molecule has 0 saturated heterocycles. The maximum absolute atomic E-state index is 13.2. The summed E-state index contributed by atoms with van der Waals surface area (Å²) in [6.07, 6.45) is 2.04. The Bertz CT molecular complexity index is 816. The molecular formula is C20H25ClN4O2. The van der Waals surface area contributed by atoms with Crippen molar-refractivity contribution in [2.75, 3.05) is 33.7 Å². The van der Waals surface area contributed by atoms with Gasteiger partial charge in [0.25, 0.3) is 0 Å². The molecule has 0 radical (unpaired) electrons. The quantitative estimate of drug-likeness (QED) is 0.808. The van der Waals surface area contributed by atoms with Crippen LogP contribution in [0.3, 0.4) is 0 Å². The predicted octanol–water partition coefficient (Wildman–Crippen LogP) is 3.08. The molecule has 0 N–H and O–H groups in total. The Morgan fingerprint density at radius 3 is 2.48 bits per heavy atom. The van der Waals surface area contributed by atoms with Crippen LogP contribution in [0.15, 0.2) is 42.6 Å². The number of fused-ring (bicyclic) bond motifs is 1. The molecule has 0 fully saturated rings. The second-order valence-corrected chi connectivity index (χ2v) is 7.30. The van der Waals surface area contributed by atoms with Gasteiger partial charge in [-0.25, -0.2) is 4.79 Å². The van der Waals surface area contributed by atoms with Gasteiger partial charge in [0.15, 0.2) is 0 Å². The zero-order chi connectivity index (χ0) is 19.6. The summed E-state index contributed by atoms with van der Waals surface area (Å²) < 4.78 is 2.17. The van der Waals surface area contributed by atoms with E-state index >= 15 is 0 Å². The van der Waals surface area contributed by atoms with E-state index in [4.69, 9.17) is 11.6 Å². The minimum Gasteiger partial charge on any atom is -0.348 e. The van der Waals surface area contributed by atoms with Crippen LogP contribution in [0.5, 0.6) is 0 Å². The van der Waals surface area contributed by atoms with Crippen molar-refractivity contribution in [2.24, 2.45) is 0 Å². The molecule has 3 rings (SSSR count). The van der Waals surface area contributed by atoms with E-state index < -0.39 is 0 Å². The lowest BCUT2D eigenvalue weighted by Crippen LogP contribution is -2.49. The molecule has 0 bridgehead atoms. The SMILES string of the molecule is CCN(CC(=O)N1CCn2cccc2C1c1ccc(Cl)cc1)C(=O)N(C)C. The highest BCUT2D eigenvalue weighted by atomic mass is 35.5. The molecule has 0 aliphatic carbocycles. The van der Waals surface area contributed by atoms with E-state index in [1.165, 1.54) is 4.90 Å². The molecule has 1 unspecified atom stereocenters. The molecule has 144 valence electrons. The van der Waals surface area contributed by atoms with Crippen LogP contribution in [0.25, 0.3) is 0 Å². The Hall–Kier alpha value is -2.47. The molecule has 1 aliphatic heterocycles. The van der Waals surface area contributed by atoms with Crippen molar-refractivity contribution < 1.29 is 9.59 Å². The molecule has 6 nitrogen and oxygen atoms in total. The summed E-state index contributed by atoms with van der Waals surface area (Å²) in [5.74, 6) is -0.0561. The highest BCUT2D eigenvalue weighted by Crippen LogP contribution is 2.33. The molecule has 7 heteroatoms. The van der Waals surface area contributed by atoms with E-state index in [1.54, 1.807) is 19.0 Å². The summed E-state index contributed by atoms with van der Waals surface area (Å²) in [5.41, 5.74) is 2.08. The van der Waals surface area contributed by atoms with Crippen molar-refractivity contribution in [2.45, 2.75) is 19.5 Å². The minimum absolute atomic E-state index is 0.0561. The molecule has 0 saturated carbocycles. The molecule has 1 aromatic heterocycles. The highest BCUT2D eigenvalue weighted by molar-refractivity contribution is 6.30. The molecule has 1 aromatic carbocycles. The van der Waals surface area contributed by atoms with Crippen LogP contribution in [-0.4, -0.2) is 64.9 Å². The van der Waals surface area contributed by atoms with Gasteiger partial charge in [0.2, 0.25) is 5.91 Å². The van der Waals surface area contributed by atoms with Crippen molar-refractivity contribution in [3.8, 4) is 0 Å². The van der Waals surface area contributed by atoms with E-state index in [2.05, 4.69) is 4.57 Å². The predicted molar refractivity (Wildman–Crippen MR) is 106 cm³/mol. The number of carbonyl (C=O) groups excluding carboxylic acids is 2. The van der Waals surface area contributed by atoms with Gasteiger partial charge in [-0.1, -0.05) is 23.7 Å². The number of amides is 3. The number of aromatic nitrogens is 1. The van der Waals surface area contributed by atoms with Crippen LogP contribution >= 0.6 is 11.6 Å². The Morgan fingerprint density at radius 2 is 1.85 bits per heavy atom. The fourth-order valence-electron chi connectivity index (χ4n) is 3.50. The van der Waals surface area contributed by atoms with Crippen LogP contribution in [0.4, 0.5) is 4.79 Å². The number of rotatable bonds is 4. The fourth-order valence-corrected chi connectivity index (χ4v) is 3.63. The maximum atomic E-state index is 13.2. The van der Waals surface area contributed by atoms with E-state index in [-0.39, 0.29) is 24.5 Å². The third-order valence-corrected chi connectivity index (χ3v) is 5.16. The molecule has 2 aromatic rings. The van der Waals surface area contributed by atoms with Crippen LogP contribution in [0, 0.1) is 0 Å². The Kier molecular flexibility index (Phi) is 5.75. The number of nitrogens with zero attached hydrogens (tertiary/aromatic N) is 4. The second kappa shape index (κ2) is 8.05. The molecule has 2 heterocycles. The zero-order valence-electron chi connectivity index (χ0n) is 15.9. The first-order chi connectivity index (χ1) is 12.9. The normalized spacial score (nSPS) is 16.0. The minimum atomic E-state index is -0.188. The van der Waals surface area contributed by atoms with Gasteiger partial charge < -0.3 is 19.3 Å². The van der Waals surface area contributed by atoms with Gasteiger partial charge >= 0.3 is 6.03 Å². The van der Waals surface area contributed by atoms with Crippen molar-refractivity contribution in [1.82, 2.24) is 19.3 Å². The van der Waals surface area contributed by atoms with Crippen LogP contribution in [0.2, 0.25) is 5.02 Å². The van der Waals surface area contributed by atoms with Gasteiger partial charge in [0.1, 0.15) is 6.54 Å². The summed E-state index contributed by atoms with van der Waals surface area (Å²) in [5, 5.41) is 0.663. The molecular weight excluding hydrogens is 364 g/mol. The first-order valence-corrected chi connectivity index (χ1v) is 9.46. The number of hydrogen-bond donors (Lipinski definition) is 0. The first-order valence-electron chi connectivity index (χ1n) is 9.08. The van der Waals surface area contributed by atoms with Crippen LogP contribution < -0.4 is 0 Å². The third kappa shape index (κ3) is 3.95. The number of carbonyl (C=O) groups is 2. The van der Waals surface area contributed by atoms with Crippen molar-refractivity contribution in [3.05, 3.63) is 58.9 Å². The molecule has 1 atom stereocenters. The van der Waals surface area contributed by atoms with Gasteiger partial charge in [-0.2, -0.15) is 0 Å². The number of urea groups is 1. The summed E-state index contributed by atoms with van der Waals surface area (Å²) in [6.45, 7) is 3.77. The lowest BCUT2D eigenvalue weighted by molar-refractivity contribution is -0.134.